The van der Waals surface area contributed by atoms with E-state index >= 15 is 0 Å². The number of rotatable bonds is 4. The largest absolute Gasteiger partial charge is 0.481 e. The molecule has 5 nitrogen and oxygen atoms in total. The maximum Gasteiger partial charge on any atom is 0.305 e. The molecule has 3 rings (SSSR count). The van der Waals surface area contributed by atoms with E-state index in [2.05, 4.69) is 5.32 Å². The highest BCUT2D eigenvalue weighted by atomic mass is 16.4. The Labute approximate surface area is 119 Å². The maximum atomic E-state index is 12.5. The fourth-order valence-corrected chi connectivity index (χ4v) is 4.28. The van der Waals surface area contributed by atoms with Crippen LogP contribution in [0.4, 0.5) is 0 Å². The summed E-state index contributed by atoms with van der Waals surface area (Å²) in [5.41, 5.74) is 0. The summed E-state index contributed by atoms with van der Waals surface area (Å²) in [5, 5.41) is 12.5. The van der Waals surface area contributed by atoms with Gasteiger partial charge in [0.15, 0.2) is 0 Å². The molecule has 112 valence electrons. The average Bonchev–Trinajstić information content (AvgIpc) is 2.95. The molecule has 0 aromatic rings. The summed E-state index contributed by atoms with van der Waals surface area (Å²) >= 11 is 0. The number of carbonyl (C=O) groups is 2. The molecule has 2 N–H and O–H groups in total. The van der Waals surface area contributed by atoms with Crippen LogP contribution in [-0.4, -0.2) is 46.6 Å². The van der Waals surface area contributed by atoms with Gasteiger partial charge in [-0.25, -0.2) is 0 Å². The zero-order valence-corrected chi connectivity index (χ0v) is 11.9. The van der Waals surface area contributed by atoms with Gasteiger partial charge in [-0.05, 0) is 44.4 Å². The number of hydrogen-bond acceptors (Lipinski definition) is 3. The summed E-state index contributed by atoms with van der Waals surface area (Å²) in [6.45, 7) is 0.745. The minimum atomic E-state index is -0.797. The lowest BCUT2D eigenvalue weighted by Gasteiger charge is -2.31. The highest BCUT2D eigenvalue weighted by molar-refractivity contribution is 5.78. The first-order valence-corrected chi connectivity index (χ1v) is 7.89. The summed E-state index contributed by atoms with van der Waals surface area (Å²) < 4.78 is 0. The second kappa shape index (κ2) is 5.72. The molecule has 5 heteroatoms. The number of likely N-dealkylation sites (tertiary alicyclic amines) is 1. The highest BCUT2D eigenvalue weighted by Crippen LogP contribution is 2.33. The molecule has 0 saturated carbocycles. The van der Waals surface area contributed by atoms with Gasteiger partial charge in [-0.2, -0.15) is 0 Å². The van der Waals surface area contributed by atoms with Crippen molar-refractivity contribution >= 4 is 11.9 Å². The molecule has 3 atom stereocenters. The van der Waals surface area contributed by atoms with Crippen LogP contribution in [0.1, 0.15) is 51.4 Å². The van der Waals surface area contributed by atoms with Crippen LogP contribution in [0.2, 0.25) is 0 Å². The topological polar surface area (TPSA) is 69.6 Å². The maximum absolute atomic E-state index is 12.5. The number of nitrogens with zero attached hydrogens (tertiary/aromatic N) is 1. The van der Waals surface area contributed by atoms with Crippen molar-refractivity contribution in [1.82, 2.24) is 10.2 Å². The lowest BCUT2D eigenvalue weighted by molar-refractivity contribution is -0.140. The molecule has 3 aliphatic rings. The molecule has 3 heterocycles. The van der Waals surface area contributed by atoms with Crippen molar-refractivity contribution in [3.05, 3.63) is 0 Å². The van der Waals surface area contributed by atoms with Crippen LogP contribution in [0.15, 0.2) is 0 Å². The SMILES string of the molecule is O=C(O)CC1CCCN1C(=O)CC1CC2CCC(C1)N2. The van der Waals surface area contributed by atoms with Crippen LogP contribution in [0.25, 0.3) is 0 Å². The molecule has 3 fully saturated rings. The third kappa shape index (κ3) is 2.97. The van der Waals surface area contributed by atoms with Gasteiger partial charge in [0, 0.05) is 31.1 Å². The van der Waals surface area contributed by atoms with E-state index in [1.807, 2.05) is 4.90 Å². The summed E-state index contributed by atoms with van der Waals surface area (Å²) in [6, 6.07) is 1.15. The van der Waals surface area contributed by atoms with Crippen molar-refractivity contribution in [2.45, 2.75) is 69.5 Å². The van der Waals surface area contributed by atoms with E-state index in [1.165, 1.54) is 12.8 Å². The lowest BCUT2D eigenvalue weighted by atomic mass is 9.89. The summed E-state index contributed by atoms with van der Waals surface area (Å²) in [7, 11) is 0. The average molecular weight is 280 g/mol. The van der Waals surface area contributed by atoms with Gasteiger partial charge >= 0.3 is 5.97 Å². The number of piperidine rings is 1. The van der Waals surface area contributed by atoms with E-state index in [-0.39, 0.29) is 18.4 Å². The Morgan fingerprint density at radius 1 is 1.10 bits per heavy atom. The van der Waals surface area contributed by atoms with Crippen LogP contribution in [0, 0.1) is 5.92 Å². The van der Waals surface area contributed by atoms with E-state index in [0.29, 0.717) is 24.4 Å². The summed E-state index contributed by atoms with van der Waals surface area (Å²) in [4.78, 5) is 25.1. The van der Waals surface area contributed by atoms with Crippen molar-refractivity contribution in [2.75, 3.05) is 6.54 Å². The van der Waals surface area contributed by atoms with Crippen molar-refractivity contribution in [3.63, 3.8) is 0 Å². The Kier molecular flexibility index (Phi) is 3.96. The van der Waals surface area contributed by atoms with E-state index in [0.717, 1.165) is 32.2 Å². The number of carbonyl (C=O) groups excluding carboxylic acids is 1. The van der Waals surface area contributed by atoms with Crippen molar-refractivity contribution < 1.29 is 14.7 Å². The van der Waals surface area contributed by atoms with Crippen LogP contribution in [0.3, 0.4) is 0 Å². The normalized spacial score (nSPS) is 36.3. The minimum absolute atomic E-state index is 0.0709. The first-order chi connectivity index (χ1) is 9.61. The smallest absolute Gasteiger partial charge is 0.305 e. The van der Waals surface area contributed by atoms with Gasteiger partial charge in [0.2, 0.25) is 5.91 Å². The second-order valence-electron chi connectivity index (χ2n) is 6.66. The number of amides is 1. The van der Waals surface area contributed by atoms with Crippen LogP contribution in [-0.2, 0) is 9.59 Å². The molecule has 2 bridgehead atoms. The molecule has 0 aromatic heterocycles. The van der Waals surface area contributed by atoms with Gasteiger partial charge in [0.1, 0.15) is 0 Å². The zero-order valence-electron chi connectivity index (χ0n) is 11.9. The molecule has 3 aliphatic heterocycles. The van der Waals surface area contributed by atoms with Crippen molar-refractivity contribution in [3.8, 4) is 0 Å². The molecule has 1 amide bonds. The Balaban J connectivity index is 1.54. The summed E-state index contributed by atoms with van der Waals surface area (Å²) in [6.07, 6.45) is 7.23. The van der Waals surface area contributed by atoms with Crippen LogP contribution < -0.4 is 5.32 Å². The summed E-state index contributed by atoms with van der Waals surface area (Å²) in [5.74, 6) is -0.123. The third-order valence-electron chi connectivity index (χ3n) is 5.14. The Bertz CT molecular complexity index is 387. The first kappa shape index (κ1) is 13.9. The van der Waals surface area contributed by atoms with Gasteiger partial charge in [-0.15, -0.1) is 0 Å². The fraction of sp³-hybridized carbons (Fsp3) is 0.867. The molecule has 0 aromatic carbocycles. The third-order valence-corrected chi connectivity index (χ3v) is 5.14. The number of carboxylic acid groups (broad SMARTS) is 1. The molecule has 3 saturated heterocycles. The number of hydrogen-bond donors (Lipinski definition) is 2. The first-order valence-electron chi connectivity index (χ1n) is 7.89. The monoisotopic (exact) mass is 280 g/mol. The quantitative estimate of drug-likeness (QED) is 0.816. The molecule has 0 aliphatic carbocycles. The Morgan fingerprint density at radius 3 is 2.45 bits per heavy atom. The minimum Gasteiger partial charge on any atom is -0.481 e. The van der Waals surface area contributed by atoms with Gasteiger partial charge in [0.25, 0.3) is 0 Å². The van der Waals surface area contributed by atoms with E-state index in [1.54, 1.807) is 0 Å². The zero-order chi connectivity index (χ0) is 14.1. The van der Waals surface area contributed by atoms with E-state index in [9.17, 15) is 9.59 Å². The Hall–Kier alpha value is -1.10. The number of fused-ring (bicyclic) bond motifs is 2. The van der Waals surface area contributed by atoms with E-state index in [4.69, 9.17) is 5.11 Å². The molecular weight excluding hydrogens is 256 g/mol. The molecule has 3 unspecified atom stereocenters. The number of aliphatic carboxylic acids is 1. The van der Waals surface area contributed by atoms with Gasteiger partial charge in [0.05, 0.1) is 6.42 Å². The Morgan fingerprint density at radius 2 is 1.80 bits per heavy atom. The molecule has 20 heavy (non-hydrogen) atoms. The van der Waals surface area contributed by atoms with Gasteiger partial charge in [-0.3, -0.25) is 9.59 Å². The van der Waals surface area contributed by atoms with Gasteiger partial charge in [-0.1, -0.05) is 0 Å². The number of carboxylic acids is 1. The molecule has 0 radical (unpaired) electrons. The van der Waals surface area contributed by atoms with Crippen molar-refractivity contribution in [2.24, 2.45) is 5.92 Å². The van der Waals surface area contributed by atoms with E-state index < -0.39 is 5.97 Å². The van der Waals surface area contributed by atoms with Gasteiger partial charge < -0.3 is 15.3 Å². The predicted molar refractivity (Wildman–Crippen MR) is 74.3 cm³/mol. The van der Waals surface area contributed by atoms with Crippen LogP contribution in [0.5, 0.6) is 0 Å². The lowest BCUT2D eigenvalue weighted by Crippen LogP contribution is -2.42. The molecular formula is C15H24N2O3. The van der Waals surface area contributed by atoms with Crippen LogP contribution >= 0.6 is 0 Å². The second-order valence-corrected chi connectivity index (χ2v) is 6.66. The molecule has 0 spiro atoms. The standard InChI is InChI=1S/C15H24N2O3/c18-14(17-5-1-2-13(17)9-15(19)20)8-10-6-11-3-4-12(7-10)16-11/h10-13,16H,1-9H2,(H,19,20). The number of nitrogens with one attached hydrogen (secondary N) is 1. The fourth-order valence-electron chi connectivity index (χ4n) is 4.28. The highest BCUT2D eigenvalue weighted by Gasteiger charge is 2.36. The predicted octanol–water partition coefficient (Wildman–Crippen LogP) is 1.37. The van der Waals surface area contributed by atoms with Crippen molar-refractivity contribution in [1.29, 1.82) is 0 Å².